The van der Waals surface area contributed by atoms with Crippen molar-refractivity contribution in [3.05, 3.63) is 96.1 Å². The molecule has 1 unspecified atom stereocenters. The summed E-state index contributed by atoms with van der Waals surface area (Å²) >= 11 is 0. The number of anilines is 2. The van der Waals surface area contributed by atoms with Crippen LogP contribution in [0.4, 0.5) is 16.2 Å². The Hall–Kier alpha value is -3.07. The average molecular weight is 342 g/mol. The molecule has 3 aromatic carbocycles. The van der Waals surface area contributed by atoms with E-state index in [1.807, 2.05) is 47.4 Å². The minimum absolute atomic E-state index is 0.0719. The van der Waals surface area contributed by atoms with Crippen LogP contribution in [0, 0.1) is 0 Å². The molecule has 4 rings (SSSR count). The van der Waals surface area contributed by atoms with Gasteiger partial charge in [0.2, 0.25) is 0 Å². The molecular formula is C23H22N2O. The van der Waals surface area contributed by atoms with Gasteiger partial charge in [-0.15, -0.1) is 0 Å². The minimum atomic E-state index is -0.0719. The van der Waals surface area contributed by atoms with Crippen LogP contribution < -0.4 is 10.2 Å². The van der Waals surface area contributed by atoms with Gasteiger partial charge in [-0.2, -0.15) is 0 Å². The number of rotatable bonds is 2. The SMILES string of the molecule is O=C(Nc1ccccc1)N1CCCC(c2ccccc2)c2ccccc21. The number of hydrogen-bond donors (Lipinski definition) is 1. The Morgan fingerprint density at radius 3 is 2.27 bits per heavy atom. The zero-order valence-corrected chi connectivity index (χ0v) is 14.6. The van der Waals surface area contributed by atoms with Crippen molar-refractivity contribution in [2.24, 2.45) is 0 Å². The molecule has 0 radical (unpaired) electrons. The van der Waals surface area contributed by atoms with Crippen molar-refractivity contribution >= 4 is 17.4 Å². The standard InChI is InChI=1S/C23H22N2O/c26-23(24-19-12-5-2-6-13-19)25-17-9-15-20(18-10-3-1-4-11-18)21-14-7-8-16-22(21)25/h1-8,10-14,16,20H,9,15,17H2,(H,24,26). The molecule has 2 amide bonds. The van der Waals surface area contributed by atoms with E-state index < -0.39 is 0 Å². The van der Waals surface area contributed by atoms with Gasteiger partial charge in [0.25, 0.3) is 0 Å². The van der Waals surface area contributed by atoms with Gasteiger partial charge in [0.15, 0.2) is 0 Å². The highest BCUT2D eigenvalue weighted by Crippen LogP contribution is 2.38. The normalized spacial score (nSPS) is 16.5. The average Bonchev–Trinajstić information content (AvgIpc) is 2.89. The predicted octanol–water partition coefficient (Wildman–Crippen LogP) is 5.65. The van der Waals surface area contributed by atoms with Gasteiger partial charge in [0, 0.05) is 23.8 Å². The maximum atomic E-state index is 12.9. The highest BCUT2D eigenvalue weighted by Gasteiger charge is 2.27. The monoisotopic (exact) mass is 342 g/mol. The third-order valence-electron chi connectivity index (χ3n) is 4.95. The Balaban J connectivity index is 1.67. The van der Waals surface area contributed by atoms with Crippen molar-refractivity contribution < 1.29 is 4.79 Å². The van der Waals surface area contributed by atoms with Crippen molar-refractivity contribution in [2.75, 3.05) is 16.8 Å². The summed E-state index contributed by atoms with van der Waals surface area (Å²) in [7, 11) is 0. The van der Waals surface area contributed by atoms with E-state index in [1.165, 1.54) is 11.1 Å². The van der Waals surface area contributed by atoms with Crippen LogP contribution in [0.15, 0.2) is 84.9 Å². The number of carbonyl (C=O) groups excluding carboxylic acids is 1. The number of nitrogens with zero attached hydrogens (tertiary/aromatic N) is 1. The predicted molar refractivity (Wildman–Crippen MR) is 107 cm³/mol. The van der Waals surface area contributed by atoms with Gasteiger partial charge in [0.1, 0.15) is 0 Å². The van der Waals surface area contributed by atoms with Gasteiger partial charge in [0.05, 0.1) is 0 Å². The van der Waals surface area contributed by atoms with Crippen LogP contribution in [0.1, 0.15) is 29.9 Å². The van der Waals surface area contributed by atoms with Gasteiger partial charge < -0.3 is 5.32 Å². The quantitative estimate of drug-likeness (QED) is 0.641. The number of benzene rings is 3. The molecule has 0 aliphatic carbocycles. The number of nitrogens with one attached hydrogen (secondary N) is 1. The number of fused-ring (bicyclic) bond motifs is 1. The van der Waals surface area contributed by atoms with Crippen LogP contribution in [-0.4, -0.2) is 12.6 Å². The Morgan fingerprint density at radius 1 is 0.846 bits per heavy atom. The van der Waals surface area contributed by atoms with E-state index >= 15 is 0 Å². The minimum Gasteiger partial charge on any atom is -0.308 e. The second kappa shape index (κ2) is 7.44. The molecule has 0 saturated heterocycles. The van der Waals surface area contributed by atoms with E-state index in [0.29, 0.717) is 5.92 Å². The third kappa shape index (κ3) is 3.33. The largest absolute Gasteiger partial charge is 0.326 e. The van der Waals surface area contributed by atoms with Gasteiger partial charge in [-0.05, 0) is 42.2 Å². The number of hydrogen-bond acceptors (Lipinski definition) is 1. The Kier molecular flexibility index (Phi) is 4.69. The third-order valence-corrected chi connectivity index (χ3v) is 4.95. The number of para-hydroxylation sites is 2. The molecule has 1 aliphatic rings. The summed E-state index contributed by atoms with van der Waals surface area (Å²) in [6.07, 6.45) is 2.01. The first-order chi connectivity index (χ1) is 12.8. The molecule has 26 heavy (non-hydrogen) atoms. The molecule has 130 valence electrons. The van der Waals surface area contributed by atoms with Crippen LogP contribution in [0.3, 0.4) is 0 Å². The fraction of sp³-hybridized carbons (Fsp3) is 0.174. The highest BCUT2D eigenvalue weighted by atomic mass is 16.2. The maximum absolute atomic E-state index is 12.9. The molecule has 1 N–H and O–H groups in total. The van der Waals surface area contributed by atoms with E-state index in [1.54, 1.807) is 0 Å². The topological polar surface area (TPSA) is 32.3 Å². The van der Waals surface area contributed by atoms with Crippen LogP contribution in [0.2, 0.25) is 0 Å². The Morgan fingerprint density at radius 2 is 1.50 bits per heavy atom. The highest BCUT2D eigenvalue weighted by molar-refractivity contribution is 6.02. The van der Waals surface area contributed by atoms with Gasteiger partial charge >= 0.3 is 6.03 Å². The van der Waals surface area contributed by atoms with Crippen molar-refractivity contribution in [1.29, 1.82) is 0 Å². The first-order valence-electron chi connectivity index (χ1n) is 9.10. The molecule has 0 bridgehead atoms. The molecule has 3 aromatic rings. The second-order valence-corrected chi connectivity index (χ2v) is 6.61. The second-order valence-electron chi connectivity index (χ2n) is 6.61. The lowest BCUT2D eigenvalue weighted by Crippen LogP contribution is -2.35. The van der Waals surface area contributed by atoms with Crippen molar-refractivity contribution in [2.45, 2.75) is 18.8 Å². The molecule has 0 spiro atoms. The first-order valence-corrected chi connectivity index (χ1v) is 9.10. The van der Waals surface area contributed by atoms with Crippen LogP contribution in [-0.2, 0) is 0 Å². The Bertz CT molecular complexity index is 877. The number of urea groups is 1. The fourth-order valence-electron chi connectivity index (χ4n) is 3.71. The smallest absolute Gasteiger partial charge is 0.308 e. The summed E-state index contributed by atoms with van der Waals surface area (Å²) in [6, 6.07) is 28.4. The zero-order chi connectivity index (χ0) is 17.8. The fourth-order valence-corrected chi connectivity index (χ4v) is 3.71. The maximum Gasteiger partial charge on any atom is 0.326 e. The van der Waals surface area contributed by atoms with Crippen molar-refractivity contribution in [3.63, 3.8) is 0 Å². The summed E-state index contributed by atoms with van der Waals surface area (Å²) in [5.41, 5.74) is 4.36. The van der Waals surface area contributed by atoms with Gasteiger partial charge in [-0.3, -0.25) is 4.90 Å². The molecule has 0 fully saturated rings. The molecule has 1 atom stereocenters. The summed E-state index contributed by atoms with van der Waals surface area (Å²) < 4.78 is 0. The molecule has 0 aromatic heterocycles. The van der Waals surface area contributed by atoms with E-state index in [9.17, 15) is 4.79 Å². The summed E-state index contributed by atoms with van der Waals surface area (Å²) in [5, 5.41) is 3.02. The molecule has 1 aliphatic heterocycles. The Labute approximate surface area is 154 Å². The van der Waals surface area contributed by atoms with Gasteiger partial charge in [-0.1, -0.05) is 66.7 Å². The van der Waals surface area contributed by atoms with Crippen LogP contribution in [0.25, 0.3) is 0 Å². The van der Waals surface area contributed by atoms with E-state index in [0.717, 1.165) is 30.8 Å². The van der Waals surface area contributed by atoms with Crippen molar-refractivity contribution in [1.82, 2.24) is 0 Å². The number of amides is 2. The van der Waals surface area contributed by atoms with Crippen LogP contribution >= 0.6 is 0 Å². The van der Waals surface area contributed by atoms with E-state index in [4.69, 9.17) is 0 Å². The summed E-state index contributed by atoms with van der Waals surface area (Å²) in [4.78, 5) is 14.8. The van der Waals surface area contributed by atoms with Gasteiger partial charge in [-0.25, -0.2) is 4.79 Å². The van der Waals surface area contributed by atoms with E-state index in [-0.39, 0.29) is 6.03 Å². The molecule has 0 saturated carbocycles. The lowest BCUT2D eigenvalue weighted by Gasteiger charge is -2.24. The zero-order valence-electron chi connectivity index (χ0n) is 14.6. The summed E-state index contributed by atoms with van der Waals surface area (Å²) in [6.45, 7) is 0.721. The molecule has 1 heterocycles. The lowest BCUT2D eigenvalue weighted by molar-refractivity contribution is 0.257. The van der Waals surface area contributed by atoms with Crippen molar-refractivity contribution in [3.8, 4) is 0 Å². The molecular weight excluding hydrogens is 320 g/mol. The number of carbonyl (C=O) groups is 1. The summed E-state index contributed by atoms with van der Waals surface area (Å²) in [5.74, 6) is 0.321. The molecule has 3 heteroatoms. The molecule has 3 nitrogen and oxygen atoms in total. The lowest BCUT2D eigenvalue weighted by atomic mass is 9.87. The first kappa shape index (κ1) is 16.4. The van der Waals surface area contributed by atoms with Crippen LogP contribution in [0.5, 0.6) is 0 Å². The van der Waals surface area contributed by atoms with E-state index in [2.05, 4.69) is 47.8 Å².